The molecule has 0 amide bonds. The lowest BCUT2D eigenvalue weighted by molar-refractivity contribution is -0.180. The van der Waals surface area contributed by atoms with Crippen LogP contribution in [0.3, 0.4) is 0 Å². The lowest BCUT2D eigenvalue weighted by Gasteiger charge is -2.27. The quantitative estimate of drug-likeness (QED) is 0.795. The van der Waals surface area contributed by atoms with Crippen LogP contribution in [0.15, 0.2) is 18.2 Å². The molecule has 6 heteroatoms. The van der Waals surface area contributed by atoms with E-state index in [4.69, 9.17) is 16.3 Å². The minimum atomic E-state index is -4.42. The summed E-state index contributed by atoms with van der Waals surface area (Å²) in [6.45, 7) is 4.86. The van der Waals surface area contributed by atoms with E-state index in [0.29, 0.717) is 22.2 Å². The molecule has 2 rings (SSSR count). The molecule has 2 nitrogen and oxygen atoms in total. The maximum absolute atomic E-state index is 12.7. The van der Waals surface area contributed by atoms with Crippen LogP contribution in [0.1, 0.15) is 19.4 Å². The maximum atomic E-state index is 12.7. The normalized spacial score (nSPS) is 17.6. The summed E-state index contributed by atoms with van der Waals surface area (Å²) in [5, 5.41) is 0.496. The van der Waals surface area contributed by atoms with E-state index >= 15 is 0 Å². The van der Waals surface area contributed by atoms with Crippen LogP contribution >= 0.6 is 11.6 Å². The van der Waals surface area contributed by atoms with Gasteiger partial charge in [-0.1, -0.05) is 31.5 Å². The number of ether oxygens (including phenoxy) is 1. The number of nitrogens with zero attached hydrogens (tertiary/aromatic N) is 1. The van der Waals surface area contributed by atoms with Gasteiger partial charge in [-0.3, -0.25) is 0 Å². The zero-order chi connectivity index (χ0) is 15.8. The lowest BCUT2D eigenvalue weighted by atomic mass is 10.1. The molecule has 0 aromatic heterocycles. The topological polar surface area (TPSA) is 12.5 Å². The van der Waals surface area contributed by atoms with Crippen LogP contribution in [0, 0.1) is 5.92 Å². The largest absolute Gasteiger partial charge is 0.476 e. The predicted molar refractivity (Wildman–Crippen MR) is 79.1 cm³/mol. The molecule has 0 saturated heterocycles. The number of benzene rings is 1. The average Bonchev–Trinajstić information content (AvgIpc) is 2.35. The van der Waals surface area contributed by atoms with E-state index in [0.717, 1.165) is 12.6 Å². The Balaban J connectivity index is 2.32. The maximum Gasteiger partial charge on any atom is 0.429 e. The molecular weight excluding hydrogens is 303 g/mol. The van der Waals surface area contributed by atoms with Gasteiger partial charge in [0.25, 0.3) is 0 Å². The molecule has 0 spiro atoms. The first-order chi connectivity index (χ1) is 9.68. The molecule has 1 heterocycles. The van der Waals surface area contributed by atoms with Crippen molar-refractivity contribution in [3.63, 3.8) is 0 Å². The smallest absolute Gasteiger partial charge is 0.429 e. The van der Waals surface area contributed by atoms with Gasteiger partial charge >= 0.3 is 6.18 Å². The number of anilines is 1. The summed E-state index contributed by atoms with van der Waals surface area (Å²) in [7, 11) is 1.85. The zero-order valence-electron chi connectivity index (χ0n) is 12.0. The Morgan fingerprint density at radius 2 is 2.00 bits per heavy atom. The highest BCUT2D eigenvalue weighted by molar-refractivity contribution is 6.33. The van der Waals surface area contributed by atoms with Crippen molar-refractivity contribution in [3.05, 3.63) is 28.8 Å². The highest BCUT2D eigenvalue weighted by Crippen LogP contribution is 2.39. The highest BCUT2D eigenvalue weighted by Gasteiger charge is 2.41. The van der Waals surface area contributed by atoms with Crippen molar-refractivity contribution in [2.24, 2.45) is 5.92 Å². The Morgan fingerprint density at radius 1 is 1.33 bits per heavy atom. The van der Waals surface area contributed by atoms with E-state index in [1.807, 2.05) is 11.9 Å². The molecule has 0 aliphatic carbocycles. The number of alkyl halides is 3. The van der Waals surface area contributed by atoms with Crippen LogP contribution in [-0.4, -0.2) is 25.9 Å². The van der Waals surface area contributed by atoms with Crippen molar-refractivity contribution >= 4 is 23.4 Å². The van der Waals surface area contributed by atoms with Crippen LogP contribution in [0.2, 0.25) is 5.02 Å². The molecule has 0 unspecified atom stereocenters. The fourth-order valence-corrected chi connectivity index (χ4v) is 2.59. The second kappa shape index (κ2) is 5.79. The van der Waals surface area contributed by atoms with Crippen molar-refractivity contribution in [2.75, 3.05) is 18.5 Å². The number of hydrogen-bond donors (Lipinski definition) is 0. The van der Waals surface area contributed by atoms with Gasteiger partial charge in [-0.05, 0) is 18.1 Å². The zero-order valence-corrected chi connectivity index (χ0v) is 12.8. The third kappa shape index (κ3) is 3.64. The Morgan fingerprint density at radius 3 is 2.57 bits per heavy atom. The Bertz CT molecular complexity index is 555. The summed E-state index contributed by atoms with van der Waals surface area (Å²) in [6, 6.07) is 3.20. The third-order valence-electron chi connectivity index (χ3n) is 3.16. The molecule has 1 aromatic rings. The van der Waals surface area contributed by atoms with Crippen molar-refractivity contribution in [2.45, 2.75) is 26.1 Å². The van der Waals surface area contributed by atoms with Crippen molar-refractivity contribution in [1.29, 1.82) is 0 Å². The fourth-order valence-electron chi connectivity index (χ4n) is 2.27. The fraction of sp³-hybridized carbons (Fsp3) is 0.467. The van der Waals surface area contributed by atoms with Gasteiger partial charge in [0.2, 0.25) is 6.10 Å². The molecule has 1 aliphatic rings. The molecule has 1 aromatic carbocycles. The van der Waals surface area contributed by atoms with Crippen molar-refractivity contribution in [3.8, 4) is 5.75 Å². The van der Waals surface area contributed by atoms with Crippen LogP contribution in [0.25, 0.3) is 6.08 Å². The molecule has 21 heavy (non-hydrogen) atoms. The van der Waals surface area contributed by atoms with Crippen LogP contribution in [0.4, 0.5) is 18.9 Å². The first kappa shape index (κ1) is 16.0. The molecule has 0 N–H and O–H groups in total. The number of halogens is 4. The van der Waals surface area contributed by atoms with Gasteiger partial charge < -0.3 is 9.64 Å². The SMILES string of the molecule is CC(C)CN(C)c1cc2c(cc1Cl)C=C[C@@H](C(F)(F)F)O2. The van der Waals surface area contributed by atoms with E-state index in [2.05, 4.69) is 13.8 Å². The van der Waals surface area contributed by atoms with Gasteiger partial charge in [0, 0.05) is 25.2 Å². The summed E-state index contributed by atoms with van der Waals surface area (Å²) < 4.78 is 43.2. The van der Waals surface area contributed by atoms with Crippen LogP contribution in [0.5, 0.6) is 5.75 Å². The van der Waals surface area contributed by atoms with Crippen molar-refractivity contribution < 1.29 is 17.9 Å². The van der Waals surface area contributed by atoms with E-state index in [9.17, 15) is 13.2 Å². The van der Waals surface area contributed by atoms with Gasteiger partial charge in [0.05, 0.1) is 10.7 Å². The lowest BCUT2D eigenvalue weighted by Crippen LogP contribution is -2.34. The predicted octanol–water partition coefficient (Wildman–Crippen LogP) is 4.77. The molecule has 0 saturated carbocycles. The molecular formula is C15H17ClF3NO. The molecule has 0 radical (unpaired) electrons. The van der Waals surface area contributed by atoms with Crippen LogP contribution < -0.4 is 9.64 Å². The number of fused-ring (bicyclic) bond motifs is 1. The summed E-state index contributed by atoms with van der Waals surface area (Å²) >= 11 is 6.21. The highest BCUT2D eigenvalue weighted by atomic mass is 35.5. The molecule has 1 atom stereocenters. The van der Waals surface area contributed by atoms with Crippen molar-refractivity contribution in [1.82, 2.24) is 0 Å². The van der Waals surface area contributed by atoms with Gasteiger partial charge in [-0.15, -0.1) is 0 Å². The summed E-state index contributed by atoms with van der Waals surface area (Å²) in [5.41, 5.74) is 1.22. The van der Waals surface area contributed by atoms with E-state index in [-0.39, 0.29) is 5.75 Å². The number of rotatable bonds is 3. The minimum Gasteiger partial charge on any atom is -0.476 e. The Hall–Kier alpha value is -1.36. The second-order valence-electron chi connectivity index (χ2n) is 5.55. The molecule has 0 bridgehead atoms. The van der Waals surface area contributed by atoms with E-state index in [1.54, 1.807) is 12.1 Å². The monoisotopic (exact) mass is 319 g/mol. The Labute approximate surface area is 127 Å². The molecule has 1 aliphatic heterocycles. The van der Waals surface area contributed by atoms with Gasteiger partial charge in [0.1, 0.15) is 5.75 Å². The second-order valence-corrected chi connectivity index (χ2v) is 5.96. The summed E-state index contributed by atoms with van der Waals surface area (Å²) in [5.74, 6) is 0.612. The standard InChI is InChI=1S/C15H17ClF3NO/c1-9(2)8-20(3)12-7-13-10(6-11(12)16)4-5-14(21-13)15(17,18)19/h4-7,9,14H,8H2,1-3H3/t14-/m0/s1. The first-order valence-corrected chi connectivity index (χ1v) is 7.02. The summed E-state index contributed by atoms with van der Waals surface area (Å²) in [4.78, 5) is 1.91. The van der Waals surface area contributed by atoms with Gasteiger partial charge in [-0.2, -0.15) is 13.2 Å². The Kier molecular flexibility index (Phi) is 4.42. The first-order valence-electron chi connectivity index (χ1n) is 6.64. The molecule has 116 valence electrons. The summed E-state index contributed by atoms with van der Waals surface area (Å²) in [6.07, 6.45) is -3.93. The third-order valence-corrected chi connectivity index (χ3v) is 3.46. The van der Waals surface area contributed by atoms with E-state index in [1.165, 1.54) is 6.08 Å². The van der Waals surface area contributed by atoms with Crippen LogP contribution in [-0.2, 0) is 0 Å². The molecule has 0 fully saturated rings. The van der Waals surface area contributed by atoms with Gasteiger partial charge in [-0.25, -0.2) is 0 Å². The minimum absolute atomic E-state index is 0.204. The number of hydrogen-bond acceptors (Lipinski definition) is 2. The van der Waals surface area contributed by atoms with Gasteiger partial charge in [0.15, 0.2) is 0 Å². The average molecular weight is 320 g/mol. The van der Waals surface area contributed by atoms with E-state index < -0.39 is 12.3 Å².